The lowest BCUT2D eigenvalue weighted by Gasteiger charge is -2.23. The number of benzene rings is 2. The molecule has 2 heterocycles. The number of hydrogen-bond acceptors (Lipinski definition) is 5. The minimum atomic E-state index is -3.53. The molecule has 1 saturated heterocycles. The Balaban J connectivity index is 1.63. The standard InChI is InChI=1S/C24H29N5O3S/c25-23(26)19-9-8-18-13-22(24(30)28-16-17-5-4-10-27-15-17)29(21(18)14-19)11-12-33(31,32)20-6-2-1-3-7-20/h1-3,6-9,13-14,17,27H,4-5,10-12,15-16H2,(H3,25,26)(H,28,30)/t17-/m0/s1. The van der Waals surface area contributed by atoms with Gasteiger partial charge in [-0.15, -0.1) is 0 Å². The lowest BCUT2D eigenvalue weighted by atomic mass is 10.00. The van der Waals surface area contributed by atoms with E-state index >= 15 is 0 Å². The predicted octanol–water partition coefficient (Wildman–Crippen LogP) is 2.13. The Kier molecular flexibility index (Phi) is 6.80. The Morgan fingerprint density at radius 2 is 1.97 bits per heavy atom. The number of carbonyl (C=O) groups is 1. The third-order valence-corrected chi connectivity index (χ3v) is 7.79. The Bertz CT molecular complexity index is 1260. The number of nitrogen functional groups attached to an aromatic ring is 1. The first-order chi connectivity index (χ1) is 15.8. The number of nitrogens with two attached hydrogens (primary N) is 1. The van der Waals surface area contributed by atoms with Gasteiger partial charge < -0.3 is 20.9 Å². The highest BCUT2D eigenvalue weighted by Gasteiger charge is 2.21. The van der Waals surface area contributed by atoms with Gasteiger partial charge in [-0.1, -0.05) is 30.3 Å². The van der Waals surface area contributed by atoms with Gasteiger partial charge in [-0.3, -0.25) is 10.2 Å². The van der Waals surface area contributed by atoms with Crippen LogP contribution < -0.4 is 16.4 Å². The molecule has 0 bridgehead atoms. The van der Waals surface area contributed by atoms with Crippen molar-refractivity contribution < 1.29 is 13.2 Å². The van der Waals surface area contributed by atoms with E-state index in [2.05, 4.69) is 10.6 Å². The molecular formula is C24H29N5O3S. The second kappa shape index (κ2) is 9.76. The van der Waals surface area contributed by atoms with Crippen molar-refractivity contribution in [2.24, 2.45) is 11.7 Å². The smallest absolute Gasteiger partial charge is 0.267 e. The van der Waals surface area contributed by atoms with E-state index in [4.69, 9.17) is 11.1 Å². The zero-order valence-electron chi connectivity index (χ0n) is 18.4. The zero-order chi connectivity index (χ0) is 23.4. The van der Waals surface area contributed by atoms with Gasteiger partial charge in [0.05, 0.1) is 10.6 Å². The highest BCUT2D eigenvalue weighted by atomic mass is 32.2. The van der Waals surface area contributed by atoms with E-state index in [0.717, 1.165) is 31.3 Å². The molecule has 3 aromatic rings. The number of piperidine rings is 1. The summed E-state index contributed by atoms with van der Waals surface area (Å²) in [5.74, 6) is -0.100. The summed E-state index contributed by atoms with van der Waals surface area (Å²) in [6.07, 6.45) is 2.15. The van der Waals surface area contributed by atoms with Crippen molar-refractivity contribution in [3.63, 3.8) is 0 Å². The van der Waals surface area contributed by atoms with Gasteiger partial charge in [0.2, 0.25) is 0 Å². The molecule has 1 aliphatic heterocycles. The molecule has 0 saturated carbocycles. The number of amides is 1. The SMILES string of the molecule is N=C(N)c1ccc2cc(C(=O)NC[C@H]3CCCNC3)n(CCS(=O)(=O)c3ccccc3)c2c1. The van der Waals surface area contributed by atoms with Crippen LogP contribution in [-0.4, -0.2) is 50.1 Å². The van der Waals surface area contributed by atoms with Crippen LogP contribution in [-0.2, 0) is 16.4 Å². The van der Waals surface area contributed by atoms with Crippen LogP contribution in [0.1, 0.15) is 28.9 Å². The number of fused-ring (bicyclic) bond motifs is 1. The molecule has 0 aliphatic carbocycles. The molecular weight excluding hydrogens is 438 g/mol. The average molecular weight is 468 g/mol. The molecule has 2 aromatic carbocycles. The molecule has 1 fully saturated rings. The number of amidine groups is 1. The van der Waals surface area contributed by atoms with Crippen LogP contribution in [0.4, 0.5) is 0 Å². The monoisotopic (exact) mass is 467 g/mol. The number of hydrogen-bond donors (Lipinski definition) is 4. The maximum Gasteiger partial charge on any atom is 0.267 e. The van der Waals surface area contributed by atoms with Crippen LogP contribution in [0.3, 0.4) is 0 Å². The van der Waals surface area contributed by atoms with E-state index in [1.54, 1.807) is 59.2 Å². The Labute approximate surface area is 193 Å². The van der Waals surface area contributed by atoms with Gasteiger partial charge in [0.15, 0.2) is 9.84 Å². The Hall–Kier alpha value is -3.17. The van der Waals surface area contributed by atoms with Crippen molar-refractivity contribution in [3.8, 4) is 0 Å². The number of nitrogens with zero attached hydrogens (tertiary/aromatic N) is 1. The quantitative estimate of drug-likeness (QED) is 0.298. The number of nitrogens with one attached hydrogen (secondary N) is 3. The molecule has 174 valence electrons. The molecule has 0 unspecified atom stereocenters. The summed E-state index contributed by atoms with van der Waals surface area (Å²) in [7, 11) is -3.53. The summed E-state index contributed by atoms with van der Waals surface area (Å²) in [5, 5.41) is 14.9. The van der Waals surface area contributed by atoms with Crippen LogP contribution in [0.5, 0.6) is 0 Å². The molecule has 1 aromatic heterocycles. The molecule has 1 atom stereocenters. The molecule has 1 aliphatic rings. The first-order valence-corrected chi connectivity index (χ1v) is 12.7. The summed E-state index contributed by atoms with van der Waals surface area (Å²) in [6.45, 7) is 2.55. The number of aromatic nitrogens is 1. The highest BCUT2D eigenvalue weighted by Crippen LogP contribution is 2.23. The molecule has 0 radical (unpaired) electrons. The third kappa shape index (κ3) is 5.26. The van der Waals surface area contributed by atoms with Gasteiger partial charge in [0.1, 0.15) is 11.5 Å². The summed E-state index contributed by atoms with van der Waals surface area (Å²) in [5.41, 5.74) is 7.26. The molecule has 0 spiro atoms. The largest absolute Gasteiger partial charge is 0.384 e. The van der Waals surface area contributed by atoms with Crippen molar-refractivity contribution in [2.75, 3.05) is 25.4 Å². The molecule has 8 nitrogen and oxygen atoms in total. The molecule has 9 heteroatoms. The zero-order valence-corrected chi connectivity index (χ0v) is 19.2. The van der Waals surface area contributed by atoms with Crippen molar-refractivity contribution in [1.29, 1.82) is 5.41 Å². The van der Waals surface area contributed by atoms with E-state index in [9.17, 15) is 13.2 Å². The van der Waals surface area contributed by atoms with Crippen molar-refractivity contribution in [2.45, 2.75) is 24.3 Å². The van der Waals surface area contributed by atoms with E-state index in [-0.39, 0.29) is 28.9 Å². The van der Waals surface area contributed by atoms with Crippen molar-refractivity contribution in [1.82, 2.24) is 15.2 Å². The first kappa shape index (κ1) is 23.0. The predicted molar refractivity (Wildman–Crippen MR) is 129 cm³/mol. The summed E-state index contributed by atoms with van der Waals surface area (Å²) in [4.78, 5) is 13.4. The topological polar surface area (TPSA) is 130 Å². The lowest BCUT2D eigenvalue weighted by Crippen LogP contribution is -2.38. The fraction of sp³-hybridized carbons (Fsp3) is 0.333. The van der Waals surface area contributed by atoms with Gasteiger partial charge in [0, 0.05) is 29.6 Å². The third-order valence-electron chi connectivity index (χ3n) is 6.08. The average Bonchev–Trinajstić information content (AvgIpc) is 3.20. The van der Waals surface area contributed by atoms with Crippen LogP contribution in [0.15, 0.2) is 59.5 Å². The van der Waals surface area contributed by atoms with Gasteiger partial charge in [-0.2, -0.15) is 0 Å². The summed E-state index contributed by atoms with van der Waals surface area (Å²) in [6, 6.07) is 15.3. The normalized spacial score (nSPS) is 16.5. The van der Waals surface area contributed by atoms with Gasteiger partial charge in [-0.05, 0) is 56.1 Å². The van der Waals surface area contributed by atoms with Crippen LogP contribution in [0, 0.1) is 11.3 Å². The number of rotatable bonds is 8. The summed E-state index contributed by atoms with van der Waals surface area (Å²) < 4.78 is 27.5. The van der Waals surface area contributed by atoms with Crippen LogP contribution in [0.25, 0.3) is 10.9 Å². The number of sulfone groups is 1. The summed E-state index contributed by atoms with van der Waals surface area (Å²) >= 11 is 0. The fourth-order valence-corrected chi connectivity index (χ4v) is 5.46. The van der Waals surface area contributed by atoms with Gasteiger partial charge >= 0.3 is 0 Å². The minimum Gasteiger partial charge on any atom is -0.384 e. The maximum atomic E-state index is 13.1. The highest BCUT2D eigenvalue weighted by molar-refractivity contribution is 7.91. The van der Waals surface area contributed by atoms with Crippen LogP contribution >= 0.6 is 0 Å². The van der Waals surface area contributed by atoms with Crippen molar-refractivity contribution >= 4 is 32.5 Å². The van der Waals surface area contributed by atoms with Crippen LogP contribution in [0.2, 0.25) is 0 Å². The Morgan fingerprint density at radius 1 is 1.18 bits per heavy atom. The van der Waals surface area contributed by atoms with Crippen molar-refractivity contribution in [3.05, 3.63) is 65.9 Å². The maximum absolute atomic E-state index is 13.1. The van der Waals surface area contributed by atoms with E-state index < -0.39 is 9.84 Å². The lowest BCUT2D eigenvalue weighted by molar-refractivity contribution is 0.0936. The van der Waals surface area contributed by atoms with E-state index in [1.165, 1.54) is 0 Å². The minimum absolute atomic E-state index is 0.0858. The van der Waals surface area contributed by atoms with E-state index in [1.807, 2.05) is 0 Å². The number of carbonyl (C=O) groups excluding carboxylic acids is 1. The van der Waals surface area contributed by atoms with E-state index in [0.29, 0.717) is 29.2 Å². The Morgan fingerprint density at radius 3 is 2.67 bits per heavy atom. The number of aryl methyl sites for hydroxylation is 1. The molecule has 33 heavy (non-hydrogen) atoms. The molecule has 4 rings (SSSR count). The molecule has 5 N–H and O–H groups in total. The van der Waals surface area contributed by atoms with Gasteiger partial charge in [-0.25, -0.2) is 8.42 Å². The second-order valence-electron chi connectivity index (χ2n) is 8.42. The molecule has 1 amide bonds. The first-order valence-electron chi connectivity index (χ1n) is 11.1. The van der Waals surface area contributed by atoms with Gasteiger partial charge in [0.25, 0.3) is 5.91 Å². The fourth-order valence-electron chi connectivity index (χ4n) is 4.23. The second-order valence-corrected chi connectivity index (χ2v) is 10.5.